The molecule has 168 valence electrons. The number of hydrogen-bond donors (Lipinski definition) is 2. The van der Waals surface area contributed by atoms with Crippen LogP contribution in [0.2, 0.25) is 5.02 Å². The van der Waals surface area contributed by atoms with Crippen LogP contribution in [0, 0.1) is 31.5 Å². The lowest BCUT2D eigenvalue weighted by Crippen LogP contribution is -2.44. The van der Waals surface area contributed by atoms with Crippen LogP contribution in [0.1, 0.15) is 47.9 Å². The van der Waals surface area contributed by atoms with Gasteiger partial charge in [-0.05, 0) is 63.3 Å². The second-order valence-corrected chi connectivity index (χ2v) is 8.92. The molecule has 2 aromatic heterocycles. The van der Waals surface area contributed by atoms with Crippen LogP contribution in [0.3, 0.4) is 0 Å². The topological polar surface area (TPSA) is 88.4 Å². The van der Waals surface area contributed by atoms with E-state index in [-0.39, 0.29) is 34.7 Å². The molecular weight excluding hydrogens is 433 g/mol. The SMILES string of the molecule is Cc1cc(C)n2ncc(C(=O)NC3CCC(C(=O)Nc4ccc(F)cc4Cl)CC3C)c2n1. The molecular formula is C23H25ClFN5O2. The van der Waals surface area contributed by atoms with Gasteiger partial charge in [-0.3, -0.25) is 9.59 Å². The van der Waals surface area contributed by atoms with Gasteiger partial charge in [0.15, 0.2) is 5.65 Å². The van der Waals surface area contributed by atoms with Crippen LogP contribution < -0.4 is 10.6 Å². The molecule has 0 saturated heterocycles. The van der Waals surface area contributed by atoms with Crippen molar-refractivity contribution in [3.63, 3.8) is 0 Å². The average Bonchev–Trinajstić information content (AvgIpc) is 3.15. The minimum Gasteiger partial charge on any atom is -0.349 e. The average molecular weight is 458 g/mol. The molecule has 9 heteroatoms. The number of amides is 2. The maximum atomic E-state index is 13.2. The van der Waals surface area contributed by atoms with Gasteiger partial charge in [-0.15, -0.1) is 0 Å². The summed E-state index contributed by atoms with van der Waals surface area (Å²) in [5.74, 6) is -0.915. The molecule has 2 N–H and O–H groups in total. The second-order valence-electron chi connectivity index (χ2n) is 8.51. The Labute approximate surface area is 190 Å². The van der Waals surface area contributed by atoms with E-state index in [4.69, 9.17) is 11.6 Å². The third-order valence-electron chi connectivity index (χ3n) is 6.07. The van der Waals surface area contributed by atoms with Crippen molar-refractivity contribution in [2.45, 2.75) is 46.1 Å². The van der Waals surface area contributed by atoms with Gasteiger partial charge in [0.1, 0.15) is 11.4 Å². The first-order chi connectivity index (χ1) is 15.2. The van der Waals surface area contributed by atoms with Crippen LogP contribution >= 0.6 is 11.6 Å². The number of nitrogens with zero attached hydrogens (tertiary/aromatic N) is 3. The number of anilines is 1. The molecule has 0 spiro atoms. The number of aromatic nitrogens is 3. The van der Waals surface area contributed by atoms with Gasteiger partial charge in [0.25, 0.3) is 5.91 Å². The van der Waals surface area contributed by atoms with E-state index in [1.54, 1.807) is 10.7 Å². The highest BCUT2D eigenvalue weighted by molar-refractivity contribution is 6.33. The number of nitrogens with one attached hydrogen (secondary N) is 2. The number of aryl methyl sites for hydroxylation is 2. The van der Waals surface area contributed by atoms with Crippen molar-refractivity contribution in [2.75, 3.05) is 5.32 Å². The fourth-order valence-corrected chi connectivity index (χ4v) is 4.57. The number of hydrogen-bond acceptors (Lipinski definition) is 4. The summed E-state index contributed by atoms with van der Waals surface area (Å²) < 4.78 is 14.9. The van der Waals surface area contributed by atoms with Crippen LogP contribution in [0.4, 0.5) is 10.1 Å². The number of halogens is 2. The number of fused-ring (bicyclic) bond motifs is 1. The maximum absolute atomic E-state index is 13.2. The second kappa shape index (κ2) is 8.86. The molecule has 1 fully saturated rings. The van der Waals surface area contributed by atoms with Crippen LogP contribution in [0.25, 0.3) is 5.65 Å². The molecule has 3 aromatic rings. The summed E-state index contributed by atoms with van der Waals surface area (Å²) in [4.78, 5) is 30.1. The molecule has 1 aliphatic rings. The summed E-state index contributed by atoms with van der Waals surface area (Å²) >= 11 is 6.02. The maximum Gasteiger partial charge on any atom is 0.256 e. The highest BCUT2D eigenvalue weighted by Gasteiger charge is 2.33. The highest BCUT2D eigenvalue weighted by atomic mass is 35.5. The first kappa shape index (κ1) is 22.2. The lowest BCUT2D eigenvalue weighted by molar-refractivity contribution is -0.121. The Kier molecular flexibility index (Phi) is 6.15. The molecule has 3 unspecified atom stereocenters. The fourth-order valence-electron chi connectivity index (χ4n) is 4.35. The first-order valence-electron chi connectivity index (χ1n) is 10.6. The molecule has 3 atom stereocenters. The summed E-state index contributed by atoms with van der Waals surface area (Å²) in [6.07, 6.45) is 3.47. The minimum atomic E-state index is -0.454. The van der Waals surface area contributed by atoms with Crippen molar-refractivity contribution >= 4 is 34.7 Å². The van der Waals surface area contributed by atoms with Crippen molar-refractivity contribution in [2.24, 2.45) is 11.8 Å². The Hall–Kier alpha value is -3.00. The van der Waals surface area contributed by atoms with E-state index < -0.39 is 5.82 Å². The lowest BCUT2D eigenvalue weighted by Gasteiger charge is -2.34. The number of carbonyl (C=O) groups excluding carboxylic acids is 2. The Morgan fingerprint density at radius 1 is 1.22 bits per heavy atom. The zero-order valence-electron chi connectivity index (χ0n) is 18.2. The smallest absolute Gasteiger partial charge is 0.256 e. The van der Waals surface area contributed by atoms with Crippen molar-refractivity contribution in [3.8, 4) is 0 Å². The van der Waals surface area contributed by atoms with E-state index in [0.29, 0.717) is 36.2 Å². The van der Waals surface area contributed by atoms with Gasteiger partial charge in [-0.25, -0.2) is 13.9 Å². The molecule has 7 nitrogen and oxygen atoms in total. The van der Waals surface area contributed by atoms with Gasteiger partial charge in [0.2, 0.25) is 5.91 Å². The van der Waals surface area contributed by atoms with Gasteiger partial charge >= 0.3 is 0 Å². The minimum absolute atomic E-state index is 0.0539. The number of rotatable bonds is 4. The van der Waals surface area contributed by atoms with E-state index in [0.717, 1.165) is 11.4 Å². The summed E-state index contributed by atoms with van der Waals surface area (Å²) in [5, 5.41) is 10.3. The summed E-state index contributed by atoms with van der Waals surface area (Å²) in [7, 11) is 0. The molecule has 32 heavy (non-hydrogen) atoms. The molecule has 0 radical (unpaired) electrons. The monoisotopic (exact) mass is 457 g/mol. The lowest BCUT2D eigenvalue weighted by atomic mass is 9.78. The Bertz CT molecular complexity index is 1190. The van der Waals surface area contributed by atoms with Crippen molar-refractivity contribution in [1.29, 1.82) is 0 Å². The molecule has 0 aliphatic heterocycles. The van der Waals surface area contributed by atoms with Gasteiger partial charge in [-0.1, -0.05) is 18.5 Å². The van der Waals surface area contributed by atoms with Crippen LogP contribution in [0.15, 0.2) is 30.5 Å². The largest absolute Gasteiger partial charge is 0.349 e. The molecule has 1 aliphatic carbocycles. The molecule has 4 rings (SSSR count). The highest BCUT2D eigenvalue weighted by Crippen LogP contribution is 2.31. The molecule has 1 saturated carbocycles. The molecule has 2 heterocycles. The van der Waals surface area contributed by atoms with Gasteiger partial charge < -0.3 is 10.6 Å². The Morgan fingerprint density at radius 3 is 2.72 bits per heavy atom. The summed E-state index contributed by atoms with van der Waals surface area (Å²) in [5.41, 5.74) is 3.11. The quantitative estimate of drug-likeness (QED) is 0.611. The molecule has 2 amide bonds. The zero-order chi connectivity index (χ0) is 23.0. The van der Waals surface area contributed by atoms with Gasteiger partial charge in [-0.2, -0.15) is 5.10 Å². The Balaban J connectivity index is 1.39. The van der Waals surface area contributed by atoms with Gasteiger partial charge in [0, 0.05) is 23.3 Å². The third kappa shape index (κ3) is 4.46. The summed E-state index contributed by atoms with van der Waals surface area (Å²) in [6.45, 7) is 5.83. The van der Waals surface area contributed by atoms with Crippen molar-refractivity contribution in [3.05, 3.63) is 58.3 Å². The first-order valence-corrected chi connectivity index (χ1v) is 11.0. The zero-order valence-corrected chi connectivity index (χ0v) is 18.9. The van der Waals surface area contributed by atoms with Crippen LogP contribution in [-0.2, 0) is 4.79 Å². The van der Waals surface area contributed by atoms with Crippen molar-refractivity contribution < 1.29 is 14.0 Å². The van der Waals surface area contributed by atoms with E-state index in [1.807, 2.05) is 26.8 Å². The fraction of sp³-hybridized carbons (Fsp3) is 0.391. The van der Waals surface area contributed by atoms with E-state index in [2.05, 4.69) is 20.7 Å². The van der Waals surface area contributed by atoms with Gasteiger partial charge in [0.05, 0.1) is 16.9 Å². The third-order valence-corrected chi connectivity index (χ3v) is 6.38. The predicted octanol–water partition coefficient (Wildman–Crippen LogP) is 4.31. The van der Waals surface area contributed by atoms with Crippen molar-refractivity contribution in [1.82, 2.24) is 19.9 Å². The standard InChI is InChI=1S/C23H25ClFN5O2/c1-12-8-15(22(31)29-20-7-5-16(25)10-18(20)24)4-6-19(12)28-23(32)17-11-26-30-14(3)9-13(2)27-21(17)30/h5,7,9-12,15,19H,4,6,8H2,1-3H3,(H,28,32)(H,29,31). The van der Waals surface area contributed by atoms with Crippen LogP contribution in [0.5, 0.6) is 0 Å². The molecule has 1 aromatic carbocycles. The van der Waals surface area contributed by atoms with E-state index in [9.17, 15) is 14.0 Å². The normalized spacial score (nSPS) is 20.8. The number of benzene rings is 1. The predicted molar refractivity (Wildman–Crippen MR) is 120 cm³/mol. The van der Waals surface area contributed by atoms with Crippen LogP contribution in [-0.4, -0.2) is 32.5 Å². The van der Waals surface area contributed by atoms with E-state index in [1.165, 1.54) is 18.2 Å². The number of carbonyl (C=O) groups is 2. The summed E-state index contributed by atoms with van der Waals surface area (Å²) in [6, 6.07) is 5.74. The molecule has 0 bridgehead atoms. The van der Waals surface area contributed by atoms with E-state index >= 15 is 0 Å². The Morgan fingerprint density at radius 2 is 2.00 bits per heavy atom.